The van der Waals surface area contributed by atoms with Crippen LogP contribution in [-0.4, -0.2) is 66.0 Å². The summed E-state index contributed by atoms with van der Waals surface area (Å²) in [6.45, 7) is -0.449. The number of hydrazone groups is 1. The Kier molecular flexibility index (Phi) is 5.25. The highest BCUT2D eigenvalue weighted by atomic mass is 16.6. The summed E-state index contributed by atoms with van der Waals surface area (Å²) in [7, 11) is 0. The first-order valence-corrected chi connectivity index (χ1v) is 8.93. The number of nitrogens with zero attached hydrogens (tertiary/aromatic N) is 6. The summed E-state index contributed by atoms with van der Waals surface area (Å²) in [5, 5.41) is 42.4. The number of hydrogen-bond acceptors (Lipinski definition) is 11. The molecular formula is C18H18N8O4. The van der Waals surface area contributed by atoms with Crippen molar-refractivity contribution in [3.8, 4) is 6.07 Å². The van der Waals surface area contributed by atoms with Crippen LogP contribution < -0.4 is 11.2 Å². The minimum Gasteiger partial charge on any atom is -0.394 e. The number of anilines is 2. The molecule has 4 atom stereocenters. The van der Waals surface area contributed by atoms with Crippen LogP contribution in [-0.2, 0) is 4.74 Å². The molecule has 0 aliphatic carbocycles. The molecule has 1 fully saturated rings. The third-order valence-electron chi connectivity index (χ3n) is 4.66. The molecule has 0 saturated carbocycles. The molecule has 30 heavy (non-hydrogen) atoms. The zero-order valence-electron chi connectivity index (χ0n) is 15.5. The molecule has 1 aromatic carbocycles. The lowest BCUT2D eigenvalue weighted by Gasteiger charge is -2.16. The molecule has 12 nitrogen and oxygen atoms in total. The van der Waals surface area contributed by atoms with Gasteiger partial charge in [0.1, 0.15) is 23.8 Å². The molecule has 2 aromatic heterocycles. The molecule has 0 radical (unpaired) electrons. The molecule has 12 heteroatoms. The second-order valence-corrected chi connectivity index (χ2v) is 6.59. The molecule has 3 aromatic rings. The first kappa shape index (κ1) is 19.7. The van der Waals surface area contributed by atoms with Crippen LogP contribution in [0.4, 0.5) is 11.8 Å². The quantitative estimate of drug-likeness (QED) is 0.267. The van der Waals surface area contributed by atoms with Crippen molar-refractivity contribution in [3.63, 3.8) is 0 Å². The molecule has 3 heterocycles. The van der Waals surface area contributed by atoms with Crippen molar-refractivity contribution in [1.82, 2.24) is 19.5 Å². The van der Waals surface area contributed by atoms with E-state index in [2.05, 4.69) is 25.5 Å². The van der Waals surface area contributed by atoms with E-state index in [1.165, 1.54) is 17.1 Å². The van der Waals surface area contributed by atoms with Crippen molar-refractivity contribution in [2.45, 2.75) is 24.5 Å². The number of nitrogens with two attached hydrogens (primary N) is 1. The van der Waals surface area contributed by atoms with Gasteiger partial charge in [-0.1, -0.05) is 12.1 Å². The van der Waals surface area contributed by atoms with Crippen molar-refractivity contribution in [2.75, 3.05) is 17.8 Å². The number of imidazole rings is 1. The Morgan fingerprint density at radius 1 is 1.27 bits per heavy atom. The zero-order valence-corrected chi connectivity index (χ0v) is 15.5. The van der Waals surface area contributed by atoms with Crippen molar-refractivity contribution < 1.29 is 20.1 Å². The maximum atomic E-state index is 10.3. The number of nitrogens with one attached hydrogen (secondary N) is 1. The molecule has 6 N–H and O–H groups in total. The largest absolute Gasteiger partial charge is 0.394 e. The number of fused-ring (bicyclic) bond motifs is 1. The summed E-state index contributed by atoms with van der Waals surface area (Å²) in [5.74, 6) is 0.167. The molecule has 0 bridgehead atoms. The fourth-order valence-electron chi connectivity index (χ4n) is 3.09. The monoisotopic (exact) mass is 410 g/mol. The molecular weight excluding hydrogens is 392 g/mol. The first-order valence-electron chi connectivity index (χ1n) is 8.93. The van der Waals surface area contributed by atoms with E-state index in [1.54, 1.807) is 24.3 Å². The van der Waals surface area contributed by atoms with E-state index in [1.807, 2.05) is 6.07 Å². The van der Waals surface area contributed by atoms with Crippen LogP contribution in [0, 0.1) is 11.3 Å². The van der Waals surface area contributed by atoms with E-state index in [-0.39, 0.29) is 22.9 Å². The third kappa shape index (κ3) is 3.53. The Balaban J connectivity index is 1.59. The van der Waals surface area contributed by atoms with Gasteiger partial charge in [0.25, 0.3) is 0 Å². The van der Waals surface area contributed by atoms with E-state index >= 15 is 0 Å². The number of aliphatic hydroxyl groups is 3. The van der Waals surface area contributed by atoms with Crippen LogP contribution in [0.3, 0.4) is 0 Å². The van der Waals surface area contributed by atoms with E-state index in [9.17, 15) is 15.3 Å². The maximum absolute atomic E-state index is 10.3. The highest BCUT2D eigenvalue weighted by Crippen LogP contribution is 2.32. The summed E-state index contributed by atoms with van der Waals surface area (Å²) in [6, 6.07) is 8.84. The van der Waals surface area contributed by atoms with Gasteiger partial charge in [-0.15, -0.1) is 0 Å². The first-order chi connectivity index (χ1) is 14.5. The van der Waals surface area contributed by atoms with Gasteiger partial charge in [0.15, 0.2) is 17.7 Å². The van der Waals surface area contributed by atoms with Crippen LogP contribution in [0.25, 0.3) is 11.2 Å². The van der Waals surface area contributed by atoms with Gasteiger partial charge in [0, 0.05) is 0 Å². The molecule has 1 saturated heterocycles. The predicted octanol–water partition coefficient (Wildman–Crippen LogP) is -0.662. The van der Waals surface area contributed by atoms with Crippen LogP contribution in [0.5, 0.6) is 0 Å². The molecule has 1 aliphatic heterocycles. The lowest BCUT2D eigenvalue weighted by atomic mass is 10.1. The van der Waals surface area contributed by atoms with Crippen molar-refractivity contribution >= 4 is 29.1 Å². The van der Waals surface area contributed by atoms with Crippen molar-refractivity contribution in [2.24, 2.45) is 5.10 Å². The van der Waals surface area contributed by atoms with E-state index in [0.717, 1.165) is 5.56 Å². The third-order valence-corrected chi connectivity index (χ3v) is 4.66. The highest BCUT2D eigenvalue weighted by Gasteiger charge is 2.44. The van der Waals surface area contributed by atoms with Crippen LogP contribution in [0.2, 0.25) is 0 Å². The minimum absolute atomic E-state index is 0.0818. The van der Waals surface area contributed by atoms with Gasteiger partial charge in [-0.25, -0.2) is 10.4 Å². The predicted molar refractivity (Wildman–Crippen MR) is 105 cm³/mol. The fourth-order valence-corrected chi connectivity index (χ4v) is 3.09. The smallest absolute Gasteiger partial charge is 0.247 e. The fraction of sp³-hybridized carbons (Fsp3) is 0.278. The van der Waals surface area contributed by atoms with E-state index < -0.39 is 31.1 Å². The number of rotatable bonds is 5. The van der Waals surface area contributed by atoms with Crippen LogP contribution in [0.1, 0.15) is 17.4 Å². The number of nitriles is 1. The molecule has 154 valence electrons. The normalized spacial score (nSPS) is 23.8. The van der Waals surface area contributed by atoms with Crippen molar-refractivity contribution in [3.05, 3.63) is 41.7 Å². The van der Waals surface area contributed by atoms with Gasteiger partial charge in [-0.2, -0.15) is 20.3 Å². The number of hydrogen-bond donors (Lipinski definition) is 5. The molecule has 2 unspecified atom stereocenters. The Bertz CT molecular complexity index is 1120. The van der Waals surface area contributed by atoms with E-state index in [4.69, 9.17) is 15.7 Å². The number of aliphatic hydroxyl groups excluding tert-OH is 3. The van der Waals surface area contributed by atoms with E-state index in [0.29, 0.717) is 5.56 Å². The molecule has 0 amide bonds. The van der Waals surface area contributed by atoms with Crippen LogP contribution in [0.15, 0.2) is 35.7 Å². The molecule has 1 aliphatic rings. The van der Waals surface area contributed by atoms with Gasteiger partial charge < -0.3 is 25.8 Å². The molecule has 4 rings (SSSR count). The standard InChI is InChI=1S/C18H18N8O4/c19-5-9-1-3-10(4-2-9)6-22-25-18-23-15(20)12-16(24-18)26(8-21-12)17-14(29)13(28)11(7-27)30-17/h1-4,6,8,11,13-14,17,27-29H,7H2,(H3,20,23,24,25)/b22-6+/t11-,13?,14?,17-/m1/s1. The number of aromatic nitrogens is 4. The average Bonchev–Trinajstić information content (AvgIpc) is 3.30. The summed E-state index contributed by atoms with van der Waals surface area (Å²) in [5.41, 5.74) is 10.5. The van der Waals surface area contributed by atoms with Gasteiger partial charge >= 0.3 is 0 Å². The highest BCUT2D eigenvalue weighted by molar-refractivity contribution is 5.83. The van der Waals surface area contributed by atoms with Crippen molar-refractivity contribution in [1.29, 1.82) is 5.26 Å². The maximum Gasteiger partial charge on any atom is 0.247 e. The summed E-state index contributed by atoms with van der Waals surface area (Å²) in [4.78, 5) is 12.6. The second kappa shape index (κ2) is 8.01. The SMILES string of the molecule is N#Cc1ccc(/C=N/Nc2nc(N)c3ncn([C@@H]4O[C@H](CO)C(O)C4O)c3n2)cc1. The van der Waals surface area contributed by atoms with Gasteiger partial charge in [0.2, 0.25) is 5.95 Å². The Hall–Kier alpha value is -3.63. The zero-order chi connectivity index (χ0) is 21.3. The molecule has 0 spiro atoms. The van der Waals surface area contributed by atoms with Crippen LogP contribution >= 0.6 is 0 Å². The Labute approximate surface area is 169 Å². The van der Waals surface area contributed by atoms with Gasteiger partial charge in [-0.3, -0.25) is 4.57 Å². The topological polar surface area (TPSA) is 188 Å². The van der Waals surface area contributed by atoms with Gasteiger partial charge in [0.05, 0.1) is 30.8 Å². The summed E-state index contributed by atoms with van der Waals surface area (Å²) in [6.07, 6.45) is -1.61. The summed E-state index contributed by atoms with van der Waals surface area (Å²) >= 11 is 0. The number of benzene rings is 1. The lowest BCUT2D eigenvalue weighted by Crippen LogP contribution is -2.33. The number of nitrogen functional groups attached to an aromatic ring is 1. The summed E-state index contributed by atoms with van der Waals surface area (Å²) < 4.78 is 6.93. The minimum atomic E-state index is -1.29. The number of ether oxygens (including phenoxy) is 1. The second-order valence-electron chi connectivity index (χ2n) is 6.59. The Morgan fingerprint density at radius 3 is 2.70 bits per heavy atom. The van der Waals surface area contributed by atoms with Gasteiger partial charge in [-0.05, 0) is 17.7 Å². The average molecular weight is 410 g/mol. The lowest BCUT2D eigenvalue weighted by molar-refractivity contribution is -0.0511. The Morgan fingerprint density at radius 2 is 2.03 bits per heavy atom.